The SMILES string of the molecule is CCCCCC(C)(C)NC(=O)C1CC1. The van der Waals surface area contributed by atoms with E-state index in [9.17, 15) is 4.79 Å². The average Bonchev–Trinajstić information content (AvgIpc) is 2.85. The minimum absolute atomic E-state index is 0.00512. The molecular weight excluding hydrogens is 174 g/mol. The van der Waals surface area contributed by atoms with Crippen LogP contribution >= 0.6 is 0 Å². The number of hydrogen-bond donors (Lipinski definition) is 1. The number of nitrogens with one attached hydrogen (secondary N) is 1. The maximum Gasteiger partial charge on any atom is 0.223 e. The molecule has 2 heteroatoms. The van der Waals surface area contributed by atoms with Gasteiger partial charge in [-0.25, -0.2) is 0 Å². The lowest BCUT2D eigenvalue weighted by Gasteiger charge is -2.26. The second-order valence-corrected chi connectivity index (χ2v) is 5.10. The van der Waals surface area contributed by atoms with Gasteiger partial charge in [-0.2, -0.15) is 0 Å². The molecule has 0 bridgehead atoms. The molecule has 1 saturated carbocycles. The van der Waals surface area contributed by atoms with Crippen molar-refractivity contribution in [1.82, 2.24) is 5.32 Å². The van der Waals surface area contributed by atoms with Crippen molar-refractivity contribution in [2.45, 2.75) is 64.8 Å². The molecule has 0 atom stereocenters. The first-order valence-electron chi connectivity index (χ1n) is 5.87. The van der Waals surface area contributed by atoms with E-state index >= 15 is 0 Å². The largest absolute Gasteiger partial charge is 0.351 e. The zero-order valence-electron chi connectivity index (χ0n) is 9.73. The summed E-state index contributed by atoms with van der Waals surface area (Å²) >= 11 is 0. The standard InChI is InChI=1S/C12H23NO/c1-4-5-6-9-12(2,3)13-11(14)10-7-8-10/h10H,4-9H2,1-3H3,(H,13,14). The lowest BCUT2D eigenvalue weighted by atomic mass is 9.96. The summed E-state index contributed by atoms with van der Waals surface area (Å²) < 4.78 is 0. The van der Waals surface area contributed by atoms with Gasteiger partial charge in [0.05, 0.1) is 0 Å². The van der Waals surface area contributed by atoms with Crippen LogP contribution in [0.25, 0.3) is 0 Å². The van der Waals surface area contributed by atoms with Gasteiger partial charge in [0.25, 0.3) is 0 Å². The van der Waals surface area contributed by atoms with E-state index in [1.807, 2.05) is 0 Å². The van der Waals surface area contributed by atoms with Crippen LogP contribution < -0.4 is 5.32 Å². The minimum atomic E-state index is -0.00512. The molecule has 0 aromatic carbocycles. The summed E-state index contributed by atoms with van der Waals surface area (Å²) in [4.78, 5) is 11.5. The van der Waals surface area contributed by atoms with Gasteiger partial charge in [0, 0.05) is 11.5 Å². The Labute approximate surface area is 87.5 Å². The Kier molecular flexibility index (Phi) is 3.97. The van der Waals surface area contributed by atoms with E-state index in [1.54, 1.807) is 0 Å². The van der Waals surface area contributed by atoms with Crippen LogP contribution in [0.3, 0.4) is 0 Å². The summed E-state index contributed by atoms with van der Waals surface area (Å²) in [6.07, 6.45) is 7.01. The van der Waals surface area contributed by atoms with Gasteiger partial charge in [0.1, 0.15) is 0 Å². The summed E-state index contributed by atoms with van der Waals surface area (Å²) in [5.41, 5.74) is -0.00512. The van der Waals surface area contributed by atoms with Gasteiger partial charge >= 0.3 is 0 Å². The molecule has 1 aliphatic carbocycles. The lowest BCUT2D eigenvalue weighted by molar-refractivity contribution is -0.123. The van der Waals surface area contributed by atoms with Crippen LogP contribution in [0.1, 0.15) is 59.3 Å². The first-order valence-corrected chi connectivity index (χ1v) is 5.87. The number of rotatable bonds is 6. The average molecular weight is 197 g/mol. The van der Waals surface area contributed by atoms with Crippen molar-refractivity contribution in [2.75, 3.05) is 0 Å². The third-order valence-electron chi connectivity index (χ3n) is 2.82. The maximum atomic E-state index is 11.5. The van der Waals surface area contributed by atoms with E-state index in [2.05, 4.69) is 26.1 Å². The van der Waals surface area contributed by atoms with Crippen molar-refractivity contribution in [2.24, 2.45) is 5.92 Å². The van der Waals surface area contributed by atoms with Gasteiger partial charge in [-0.3, -0.25) is 4.79 Å². The Morgan fingerprint density at radius 1 is 1.36 bits per heavy atom. The fourth-order valence-corrected chi connectivity index (χ4v) is 1.66. The zero-order chi connectivity index (χ0) is 10.6. The predicted molar refractivity (Wildman–Crippen MR) is 59.1 cm³/mol. The van der Waals surface area contributed by atoms with Crippen LogP contribution in [0.5, 0.6) is 0 Å². The van der Waals surface area contributed by atoms with Crippen LogP contribution in [-0.4, -0.2) is 11.4 Å². The molecule has 14 heavy (non-hydrogen) atoms. The highest BCUT2D eigenvalue weighted by Gasteiger charge is 2.32. The van der Waals surface area contributed by atoms with Crippen LogP contribution in [-0.2, 0) is 4.79 Å². The van der Waals surface area contributed by atoms with E-state index in [1.165, 1.54) is 19.3 Å². The van der Waals surface area contributed by atoms with Gasteiger partial charge < -0.3 is 5.32 Å². The Balaban J connectivity index is 2.21. The Morgan fingerprint density at radius 2 is 2.00 bits per heavy atom. The second-order valence-electron chi connectivity index (χ2n) is 5.10. The third kappa shape index (κ3) is 4.12. The van der Waals surface area contributed by atoms with Crippen molar-refractivity contribution < 1.29 is 4.79 Å². The molecule has 0 aromatic heterocycles. The molecule has 0 heterocycles. The van der Waals surface area contributed by atoms with E-state index in [0.717, 1.165) is 19.3 Å². The number of unbranched alkanes of at least 4 members (excludes halogenated alkanes) is 2. The first-order chi connectivity index (χ1) is 6.55. The fourth-order valence-electron chi connectivity index (χ4n) is 1.66. The van der Waals surface area contributed by atoms with Crippen LogP contribution in [0, 0.1) is 5.92 Å². The lowest BCUT2D eigenvalue weighted by Crippen LogP contribution is -2.44. The molecule has 0 unspecified atom stereocenters. The maximum absolute atomic E-state index is 11.5. The summed E-state index contributed by atoms with van der Waals surface area (Å²) in [5.74, 6) is 0.604. The molecular formula is C12H23NO. The third-order valence-corrected chi connectivity index (χ3v) is 2.82. The van der Waals surface area contributed by atoms with Crippen molar-refractivity contribution >= 4 is 5.91 Å². The number of amides is 1. The summed E-state index contributed by atoms with van der Waals surface area (Å²) in [6.45, 7) is 6.46. The van der Waals surface area contributed by atoms with Crippen LogP contribution in [0.2, 0.25) is 0 Å². The summed E-state index contributed by atoms with van der Waals surface area (Å²) in [6, 6.07) is 0. The minimum Gasteiger partial charge on any atom is -0.351 e. The molecule has 0 radical (unpaired) electrons. The van der Waals surface area contributed by atoms with Crippen molar-refractivity contribution in [3.63, 3.8) is 0 Å². The normalized spacial score (nSPS) is 16.8. The molecule has 1 fully saturated rings. The van der Waals surface area contributed by atoms with Gasteiger partial charge in [0.15, 0.2) is 0 Å². The molecule has 1 rings (SSSR count). The van der Waals surface area contributed by atoms with E-state index in [-0.39, 0.29) is 11.4 Å². The topological polar surface area (TPSA) is 29.1 Å². The van der Waals surface area contributed by atoms with Crippen LogP contribution in [0.15, 0.2) is 0 Å². The van der Waals surface area contributed by atoms with Gasteiger partial charge in [-0.15, -0.1) is 0 Å². The van der Waals surface area contributed by atoms with Gasteiger partial charge in [-0.05, 0) is 33.1 Å². The monoisotopic (exact) mass is 197 g/mol. The smallest absolute Gasteiger partial charge is 0.223 e. The molecule has 0 saturated heterocycles. The molecule has 1 aliphatic rings. The number of hydrogen-bond acceptors (Lipinski definition) is 1. The van der Waals surface area contributed by atoms with Crippen LogP contribution in [0.4, 0.5) is 0 Å². The Morgan fingerprint density at radius 3 is 2.50 bits per heavy atom. The number of carbonyl (C=O) groups excluding carboxylic acids is 1. The quantitative estimate of drug-likeness (QED) is 0.652. The van der Waals surface area contributed by atoms with E-state index in [4.69, 9.17) is 0 Å². The van der Waals surface area contributed by atoms with E-state index < -0.39 is 0 Å². The summed E-state index contributed by atoms with van der Waals surface area (Å²) in [5, 5.41) is 3.14. The van der Waals surface area contributed by atoms with Gasteiger partial charge in [0.2, 0.25) is 5.91 Å². The predicted octanol–water partition coefficient (Wildman–Crippen LogP) is 2.87. The van der Waals surface area contributed by atoms with Crippen molar-refractivity contribution in [1.29, 1.82) is 0 Å². The molecule has 0 aliphatic heterocycles. The van der Waals surface area contributed by atoms with E-state index in [0.29, 0.717) is 5.92 Å². The molecule has 1 amide bonds. The highest BCUT2D eigenvalue weighted by molar-refractivity contribution is 5.81. The Hall–Kier alpha value is -0.530. The second kappa shape index (κ2) is 4.81. The van der Waals surface area contributed by atoms with Crippen molar-refractivity contribution in [3.05, 3.63) is 0 Å². The van der Waals surface area contributed by atoms with Gasteiger partial charge in [-0.1, -0.05) is 26.2 Å². The zero-order valence-corrected chi connectivity index (χ0v) is 9.73. The Bertz CT molecular complexity index is 194. The van der Waals surface area contributed by atoms with Crippen molar-refractivity contribution in [3.8, 4) is 0 Å². The molecule has 0 spiro atoms. The molecule has 2 nitrogen and oxygen atoms in total. The molecule has 1 N–H and O–H groups in total. The summed E-state index contributed by atoms with van der Waals surface area (Å²) in [7, 11) is 0. The molecule has 0 aromatic rings. The highest BCUT2D eigenvalue weighted by Crippen LogP contribution is 2.30. The molecule has 82 valence electrons. The first kappa shape index (κ1) is 11.5. The number of carbonyl (C=O) groups is 1. The fraction of sp³-hybridized carbons (Fsp3) is 0.917. The highest BCUT2D eigenvalue weighted by atomic mass is 16.2.